The normalized spacial score (nSPS) is 15.8. The van der Waals surface area contributed by atoms with Crippen molar-refractivity contribution in [3.63, 3.8) is 0 Å². The summed E-state index contributed by atoms with van der Waals surface area (Å²) in [6.07, 6.45) is 3.13. The van der Waals surface area contributed by atoms with E-state index in [4.69, 9.17) is 4.42 Å². The van der Waals surface area contributed by atoms with Crippen LogP contribution in [0.25, 0.3) is 44.2 Å². The van der Waals surface area contributed by atoms with E-state index < -0.39 is 94.9 Å². The SMILES string of the molecule is CC1(C)C=C(CS(=O)(=O)[O-])c2cc3c(-c4ccc(C(=O)Oc5c(F)c(F)cc(F)c5F)cc4C(=O)O)c4cc5c(cc4[o+]c3cc2N1)NC(C)(C)C=C5CS(=O)(=O)O. The molecule has 0 spiro atoms. The standard InChI is InChI=1S/C39H30F4N2O11S2/c1-38(2)13-18(15-57(49,50)51)21-8-24-30(11-28(21)44-38)55-31-12-29-22(19(16-58(52,53)54)14-39(3,4)45-29)9-25(31)32(24)20-6-5-17(7-23(20)36(46)47)37(48)56-35-33(42)26(40)10-27(41)34(35)43/h5-14,44-45H,15-16H2,1-4H3,(H2-,46,47,49,50,51,52,53,54). The summed E-state index contributed by atoms with van der Waals surface area (Å²) in [7, 11) is -9.42. The molecule has 3 heterocycles. The van der Waals surface area contributed by atoms with Crippen molar-refractivity contribution >= 4 is 76.6 Å². The lowest BCUT2D eigenvalue weighted by Crippen LogP contribution is -2.32. The minimum atomic E-state index is -4.83. The number of benzene rings is 4. The molecule has 1 aromatic heterocycles. The van der Waals surface area contributed by atoms with E-state index in [1.54, 1.807) is 39.8 Å². The number of ether oxygens (including phenoxy) is 1. The molecular weight excluding hydrogens is 813 g/mol. The molecule has 58 heavy (non-hydrogen) atoms. The Morgan fingerprint density at radius 2 is 1.26 bits per heavy atom. The monoisotopic (exact) mass is 842 g/mol. The van der Waals surface area contributed by atoms with Crippen molar-refractivity contribution in [3.8, 4) is 16.9 Å². The van der Waals surface area contributed by atoms with Crippen molar-refractivity contribution in [2.45, 2.75) is 38.8 Å². The number of carbonyl (C=O) groups is 2. The Morgan fingerprint density at radius 3 is 1.72 bits per heavy atom. The van der Waals surface area contributed by atoms with E-state index in [-0.39, 0.29) is 61.4 Å². The van der Waals surface area contributed by atoms with Crippen LogP contribution in [0, 0.1) is 23.3 Å². The van der Waals surface area contributed by atoms with E-state index in [1.807, 2.05) is 0 Å². The minimum absolute atomic E-state index is 0.0775. The Labute approximate surface area is 327 Å². The summed E-state index contributed by atoms with van der Waals surface area (Å²) in [5, 5.41) is 17.3. The van der Waals surface area contributed by atoms with Gasteiger partial charge >= 0.3 is 23.1 Å². The first-order valence-corrected chi connectivity index (χ1v) is 20.2. The molecule has 302 valence electrons. The highest BCUT2D eigenvalue weighted by molar-refractivity contribution is 7.86. The second-order valence-corrected chi connectivity index (χ2v) is 17.8. The van der Waals surface area contributed by atoms with Gasteiger partial charge in [0.05, 0.1) is 72.4 Å². The van der Waals surface area contributed by atoms with Gasteiger partial charge in [-0.05, 0) is 68.7 Å². The highest BCUT2D eigenvalue weighted by Gasteiger charge is 2.34. The topological polar surface area (TPSA) is 211 Å². The van der Waals surface area contributed by atoms with E-state index in [0.29, 0.717) is 11.4 Å². The number of carbonyl (C=O) groups excluding carboxylic acids is 1. The first-order valence-electron chi connectivity index (χ1n) is 17.0. The highest BCUT2D eigenvalue weighted by Crippen LogP contribution is 2.46. The molecule has 2 aliphatic rings. The van der Waals surface area contributed by atoms with Crippen molar-refractivity contribution in [2.75, 3.05) is 22.1 Å². The lowest BCUT2D eigenvalue weighted by atomic mass is 9.86. The molecule has 2 aliphatic heterocycles. The predicted octanol–water partition coefficient (Wildman–Crippen LogP) is 7.62. The molecule has 4 aromatic carbocycles. The van der Waals surface area contributed by atoms with Crippen LogP contribution in [0.1, 0.15) is 59.5 Å². The second-order valence-electron chi connectivity index (χ2n) is 15.0. The Morgan fingerprint density at radius 1 is 0.759 bits per heavy atom. The number of nitrogens with one attached hydrogen (secondary N) is 2. The number of anilines is 2. The van der Waals surface area contributed by atoms with Gasteiger partial charge < -0.3 is 25.0 Å². The van der Waals surface area contributed by atoms with Crippen molar-refractivity contribution in [1.82, 2.24) is 0 Å². The maximum absolute atomic E-state index is 14.4. The molecule has 0 amide bonds. The maximum Gasteiger partial charge on any atom is 0.363 e. The fourth-order valence-corrected chi connectivity index (χ4v) is 8.54. The fourth-order valence-electron chi connectivity index (χ4n) is 7.29. The fraction of sp³-hybridized carbons (Fsp3) is 0.205. The maximum atomic E-state index is 14.4. The van der Waals surface area contributed by atoms with Gasteiger partial charge in [-0.3, -0.25) is 4.55 Å². The van der Waals surface area contributed by atoms with Crippen LogP contribution < -0.4 is 15.4 Å². The Kier molecular flexibility index (Phi) is 9.46. The number of halogens is 4. The van der Waals surface area contributed by atoms with Crippen LogP contribution >= 0.6 is 0 Å². The summed E-state index contributed by atoms with van der Waals surface area (Å²) in [4.78, 5) is 26.1. The van der Waals surface area contributed by atoms with Crippen LogP contribution in [0.5, 0.6) is 5.75 Å². The number of fused-ring (bicyclic) bond motifs is 4. The Balaban J connectivity index is 1.53. The number of aromatic carboxylic acids is 1. The van der Waals surface area contributed by atoms with Gasteiger partial charge in [-0.2, -0.15) is 17.2 Å². The van der Waals surface area contributed by atoms with E-state index in [1.165, 1.54) is 24.3 Å². The van der Waals surface area contributed by atoms with E-state index in [9.17, 15) is 58.2 Å². The predicted molar refractivity (Wildman–Crippen MR) is 204 cm³/mol. The first kappa shape index (κ1) is 40.3. The zero-order valence-corrected chi connectivity index (χ0v) is 32.2. The van der Waals surface area contributed by atoms with Crippen LogP contribution in [-0.2, 0) is 20.2 Å². The van der Waals surface area contributed by atoms with Crippen molar-refractivity contribution < 1.29 is 67.4 Å². The zero-order chi connectivity index (χ0) is 42.4. The molecule has 0 saturated heterocycles. The van der Waals surface area contributed by atoms with Crippen molar-refractivity contribution in [1.29, 1.82) is 0 Å². The summed E-state index contributed by atoms with van der Waals surface area (Å²) >= 11 is 0. The molecular formula is C39H30F4N2O11S2. The molecule has 0 atom stereocenters. The van der Waals surface area contributed by atoms with Crippen LogP contribution in [0.3, 0.4) is 0 Å². The Hall–Kier alpha value is -5.89. The Bertz CT molecular complexity index is 2830. The lowest BCUT2D eigenvalue weighted by molar-refractivity contribution is 0.0697. The van der Waals surface area contributed by atoms with Gasteiger partial charge in [0.25, 0.3) is 10.1 Å². The second kappa shape index (κ2) is 13.6. The summed E-state index contributed by atoms with van der Waals surface area (Å²) < 4.78 is 138. The van der Waals surface area contributed by atoms with Crippen LogP contribution in [-0.4, -0.2) is 65.6 Å². The number of carboxylic acids is 1. The quantitative estimate of drug-likeness (QED) is 0.0226. The third-order valence-electron chi connectivity index (χ3n) is 9.37. The number of esters is 1. The molecule has 13 nitrogen and oxygen atoms in total. The smallest absolute Gasteiger partial charge is 0.363 e. The summed E-state index contributed by atoms with van der Waals surface area (Å²) in [6.45, 7) is 6.97. The van der Waals surface area contributed by atoms with Gasteiger partial charge in [-0.15, -0.1) is 0 Å². The summed E-state index contributed by atoms with van der Waals surface area (Å²) in [5.41, 5.74) is -1.22. The molecule has 19 heteroatoms. The van der Waals surface area contributed by atoms with Crippen LogP contribution in [0.2, 0.25) is 0 Å². The van der Waals surface area contributed by atoms with Crippen molar-refractivity contribution in [2.24, 2.45) is 0 Å². The molecule has 4 N–H and O–H groups in total. The number of rotatable bonds is 8. The molecule has 0 radical (unpaired) electrons. The van der Waals surface area contributed by atoms with Gasteiger partial charge in [0.1, 0.15) is 5.75 Å². The molecule has 0 bridgehead atoms. The average molecular weight is 843 g/mol. The van der Waals surface area contributed by atoms with E-state index >= 15 is 0 Å². The van der Waals surface area contributed by atoms with Gasteiger partial charge in [0.15, 0.2) is 11.6 Å². The third kappa shape index (κ3) is 7.72. The minimum Gasteiger partial charge on any atom is -0.748 e. The van der Waals surface area contributed by atoms with E-state index in [0.717, 1.165) is 18.2 Å². The molecule has 0 fully saturated rings. The summed E-state index contributed by atoms with van der Waals surface area (Å²) in [5.74, 6) is -14.4. The van der Waals surface area contributed by atoms with Crippen LogP contribution in [0.4, 0.5) is 28.9 Å². The van der Waals surface area contributed by atoms with Gasteiger partial charge in [-0.25, -0.2) is 31.2 Å². The van der Waals surface area contributed by atoms with E-state index in [2.05, 4.69) is 15.4 Å². The number of hydrogen-bond donors (Lipinski definition) is 4. The molecule has 0 aliphatic carbocycles. The third-order valence-corrected chi connectivity index (χ3v) is 10.7. The lowest BCUT2D eigenvalue weighted by Gasteiger charge is -2.32. The first-order chi connectivity index (χ1) is 26.8. The van der Waals surface area contributed by atoms with Crippen LogP contribution in [0.15, 0.2) is 65.1 Å². The number of carboxylic acid groups (broad SMARTS) is 1. The largest absolute Gasteiger partial charge is 0.748 e. The van der Waals surface area contributed by atoms with Crippen molar-refractivity contribution in [3.05, 3.63) is 106 Å². The van der Waals surface area contributed by atoms with Gasteiger partial charge in [0.2, 0.25) is 17.4 Å². The summed E-state index contributed by atoms with van der Waals surface area (Å²) in [6, 6.07) is 8.86. The zero-order valence-electron chi connectivity index (χ0n) is 30.6. The molecule has 0 unspecified atom stereocenters. The number of hydrogen-bond acceptors (Lipinski definition) is 10. The van der Waals surface area contributed by atoms with Gasteiger partial charge in [-0.1, -0.05) is 18.2 Å². The average Bonchev–Trinajstić information content (AvgIpc) is 3.07. The molecule has 5 aromatic rings. The highest BCUT2D eigenvalue weighted by atomic mass is 32.2. The molecule has 0 saturated carbocycles. The molecule has 7 rings (SSSR count). The van der Waals surface area contributed by atoms with Gasteiger partial charge in [0, 0.05) is 22.8 Å².